The quantitative estimate of drug-likeness (QED) is 0.247. The summed E-state index contributed by atoms with van der Waals surface area (Å²) in [7, 11) is 0. The standard InChI is InChI=1S/C25H23F4NO4/c1-4-32-21(25(27,28)29)13-17-22(24(17,2)3)23(31)34-20(14-30)15-10-11-18(26)19(12-15)33-16-8-6-5-7-9-16/h5-13,17,20,22H,4H2,1-3H3. The van der Waals surface area contributed by atoms with E-state index in [2.05, 4.69) is 0 Å². The number of esters is 1. The van der Waals surface area contributed by atoms with Gasteiger partial charge in [0, 0.05) is 11.5 Å². The fourth-order valence-corrected chi connectivity index (χ4v) is 3.72. The number of hydrogen-bond acceptors (Lipinski definition) is 5. The van der Waals surface area contributed by atoms with Gasteiger partial charge in [-0.05, 0) is 42.7 Å². The van der Waals surface area contributed by atoms with Crippen molar-refractivity contribution >= 4 is 5.97 Å². The van der Waals surface area contributed by atoms with Gasteiger partial charge in [-0.3, -0.25) is 4.79 Å². The van der Waals surface area contributed by atoms with E-state index in [1.54, 1.807) is 44.2 Å². The Kier molecular flexibility index (Phi) is 7.20. The SMILES string of the molecule is CCOC(=CC1C(C(=O)OC(C#N)c2ccc(F)c(Oc3ccccc3)c2)C1(C)C)C(F)(F)F. The first-order chi connectivity index (χ1) is 16.0. The van der Waals surface area contributed by atoms with Crippen LogP contribution in [0.2, 0.25) is 0 Å². The van der Waals surface area contributed by atoms with Crippen molar-refractivity contribution in [3.8, 4) is 17.6 Å². The minimum absolute atomic E-state index is 0.166. The Morgan fingerprint density at radius 1 is 1.21 bits per heavy atom. The van der Waals surface area contributed by atoms with Crippen LogP contribution in [0.4, 0.5) is 17.6 Å². The second-order valence-electron chi connectivity index (χ2n) is 8.34. The molecule has 9 heteroatoms. The Bertz CT molecular complexity index is 1110. The molecule has 0 heterocycles. The number of alkyl halides is 3. The van der Waals surface area contributed by atoms with Crippen LogP contribution < -0.4 is 4.74 Å². The van der Waals surface area contributed by atoms with Gasteiger partial charge in [-0.15, -0.1) is 0 Å². The fourth-order valence-electron chi connectivity index (χ4n) is 3.72. The second kappa shape index (κ2) is 9.75. The molecule has 1 saturated carbocycles. The van der Waals surface area contributed by atoms with Crippen molar-refractivity contribution in [2.45, 2.75) is 33.1 Å². The third-order valence-corrected chi connectivity index (χ3v) is 5.66. The minimum atomic E-state index is -4.69. The van der Waals surface area contributed by atoms with Crippen LogP contribution in [0.3, 0.4) is 0 Å². The average Bonchev–Trinajstić information content (AvgIpc) is 3.33. The van der Waals surface area contributed by atoms with E-state index < -0.39 is 47.1 Å². The van der Waals surface area contributed by atoms with Gasteiger partial charge >= 0.3 is 12.1 Å². The van der Waals surface area contributed by atoms with Crippen molar-refractivity contribution in [1.82, 2.24) is 0 Å². The molecule has 0 aromatic heterocycles. The van der Waals surface area contributed by atoms with Gasteiger partial charge in [-0.25, -0.2) is 4.39 Å². The lowest BCUT2D eigenvalue weighted by molar-refractivity contribution is -0.149. The average molecular weight is 477 g/mol. The highest BCUT2D eigenvalue weighted by molar-refractivity contribution is 5.78. The van der Waals surface area contributed by atoms with Crippen LogP contribution in [-0.2, 0) is 14.3 Å². The van der Waals surface area contributed by atoms with Crippen molar-refractivity contribution in [3.05, 3.63) is 71.7 Å². The van der Waals surface area contributed by atoms with Gasteiger partial charge in [0.25, 0.3) is 0 Å². The van der Waals surface area contributed by atoms with E-state index in [1.165, 1.54) is 19.1 Å². The molecule has 3 rings (SSSR count). The second-order valence-corrected chi connectivity index (χ2v) is 8.34. The number of allylic oxidation sites excluding steroid dienone is 2. The molecular formula is C25H23F4NO4. The summed E-state index contributed by atoms with van der Waals surface area (Å²) >= 11 is 0. The van der Waals surface area contributed by atoms with E-state index in [4.69, 9.17) is 14.2 Å². The van der Waals surface area contributed by atoms with Crippen molar-refractivity contribution < 1.29 is 36.6 Å². The highest BCUT2D eigenvalue weighted by Crippen LogP contribution is 2.60. The summed E-state index contributed by atoms with van der Waals surface area (Å²) in [6.45, 7) is 4.51. The molecule has 34 heavy (non-hydrogen) atoms. The summed E-state index contributed by atoms with van der Waals surface area (Å²) < 4.78 is 69.3. The first-order valence-electron chi connectivity index (χ1n) is 10.5. The predicted molar refractivity (Wildman–Crippen MR) is 114 cm³/mol. The highest BCUT2D eigenvalue weighted by Gasteiger charge is 2.63. The van der Waals surface area contributed by atoms with E-state index in [-0.39, 0.29) is 17.9 Å². The largest absolute Gasteiger partial charge is 0.489 e. The number of ether oxygens (including phenoxy) is 3. The summed E-state index contributed by atoms with van der Waals surface area (Å²) in [6.07, 6.45) is -5.21. The number of carbonyl (C=O) groups is 1. The lowest BCUT2D eigenvalue weighted by Gasteiger charge is -2.14. The van der Waals surface area contributed by atoms with E-state index in [1.807, 2.05) is 6.07 Å². The van der Waals surface area contributed by atoms with Crippen LogP contribution in [0.5, 0.6) is 11.5 Å². The summed E-state index contributed by atoms with van der Waals surface area (Å²) in [6, 6.07) is 13.8. The fraction of sp³-hybridized carbons (Fsp3) is 0.360. The van der Waals surface area contributed by atoms with E-state index in [9.17, 15) is 27.6 Å². The number of nitrogens with zero attached hydrogens (tertiary/aromatic N) is 1. The topological polar surface area (TPSA) is 68.5 Å². The lowest BCUT2D eigenvalue weighted by atomic mass is 10.1. The van der Waals surface area contributed by atoms with Gasteiger partial charge in [0.1, 0.15) is 11.8 Å². The van der Waals surface area contributed by atoms with Gasteiger partial charge in [0.15, 0.2) is 17.3 Å². The van der Waals surface area contributed by atoms with Crippen molar-refractivity contribution in [1.29, 1.82) is 5.26 Å². The molecule has 180 valence electrons. The molecule has 2 aromatic rings. The van der Waals surface area contributed by atoms with E-state index in [0.29, 0.717) is 5.75 Å². The zero-order valence-corrected chi connectivity index (χ0v) is 18.7. The number of nitriles is 1. The molecule has 1 aliphatic carbocycles. The van der Waals surface area contributed by atoms with Crippen LogP contribution in [0.25, 0.3) is 0 Å². The third kappa shape index (κ3) is 5.50. The van der Waals surface area contributed by atoms with Crippen LogP contribution in [0.1, 0.15) is 32.4 Å². The first kappa shape index (κ1) is 25.1. The number of rotatable bonds is 8. The zero-order chi connectivity index (χ0) is 25.1. The molecule has 3 unspecified atom stereocenters. The normalized spacial score (nSPS) is 20.1. The predicted octanol–water partition coefficient (Wildman–Crippen LogP) is 6.48. The molecule has 0 spiro atoms. The van der Waals surface area contributed by atoms with Gasteiger partial charge < -0.3 is 14.2 Å². The smallest absolute Gasteiger partial charge is 0.448 e. The van der Waals surface area contributed by atoms with Crippen molar-refractivity contribution in [3.63, 3.8) is 0 Å². The number of carbonyl (C=O) groups excluding carboxylic acids is 1. The van der Waals surface area contributed by atoms with Crippen LogP contribution >= 0.6 is 0 Å². The Labute approximate surface area is 194 Å². The Morgan fingerprint density at radius 3 is 2.47 bits per heavy atom. The molecule has 0 bridgehead atoms. The van der Waals surface area contributed by atoms with E-state index in [0.717, 1.165) is 12.1 Å². The van der Waals surface area contributed by atoms with Crippen LogP contribution in [-0.4, -0.2) is 18.8 Å². The van der Waals surface area contributed by atoms with Crippen LogP contribution in [0.15, 0.2) is 60.4 Å². The van der Waals surface area contributed by atoms with Crippen LogP contribution in [0, 0.1) is 34.4 Å². The van der Waals surface area contributed by atoms with Crippen molar-refractivity contribution in [2.75, 3.05) is 6.61 Å². The molecule has 5 nitrogen and oxygen atoms in total. The number of hydrogen-bond donors (Lipinski definition) is 0. The number of benzene rings is 2. The minimum Gasteiger partial charge on any atom is -0.489 e. The molecule has 1 aliphatic rings. The van der Waals surface area contributed by atoms with E-state index >= 15 is 0 Å². The molecule has 0 saturated heterocycles. The number of para-hydroxylation sites is 1. The maximum absolute atomic E-state index is 14.2. The molecule has 0 aliphatic heterocycles. The third-order valence-electron chi connectivity index (χ3n) is 5.66. The first-order valence-corrected chi connectivity index (χ1v) is 10.5. The summed E-state index contributed by atoms with van der Waals surface area (Å²) in [5.74, 6) is -4.16. The maximum atomic E-state index is 14.2. The molecule has 3 atom stereocenters. The van der Waals surface area contributed by atoms with Gasteiger partial charge in [-0.1, -0.05) is 38.1 Å². The Balaban J connectivity index is 1.77. The molecule has 1 fully saturated rings. The molecule has 0 radical (unpaired) electrons. The van der Waals surface area contributed by atoms with Gasteiger partial charge in [0.2, 0.25) is 6.10 Å². The molecular weight excluding hydrogens is 454 g/mol. The zero-order valence-electron chi connectivity index (χ0n) is 18.7. The Morgan fingerprint density at radius 2 is 1.88 bits per heavy atom. The van der Waals surface area contributed by atoms with Gasteiger partial charge in [0.05, 0.1) is 12.5 Å². The summed E-state index contributed by atoms with van der Waals surface area (Å²) in [5, 5.41) is 9.56. The van der Waals surface area contributed by atoms with Crippen molar-refractivity contribution in [2.24, 2.45) is 17.3 Å². The highest BCUT2D eigenvalue weighted by atomic mass is 19.4. The maximum Gasteiger partial charge on any atom is 0.448 e. The molecule has 2 aromatic carbocycles. The van der Waals surface area contributed by atoms with Gasteiger partial charge in [-0.2, -0.15) is 18.4 Å². The monoisotopic (exact) mass is 477 g/mol. The number of halogens is 4. The summed E-state index contributed by atoms with van der Waals surface area (Å²) in [5.41, 5.74) is -0.659. The molecule has 0 amide bonds. The lowest BCUT2D eigenvalue weighted by Crippen LogP contribution is -2.16. The Hall–Kier alpha value is -3.54. The molecule has 0 N–H and O–H groups in total. The summed E-state index contributed by atoms with van der Waals surface area (Å²) in [4.78, 5) is 12.8.